The Bertz CT molecular complexity index is 782. The number of hydrogen-bond donors (Lipinski definition) is 1. The summed E-state index contributed by atoms with van der Waals surface area (Å²) in [6.07, 6.45) is 19.9. The van der Waals surface area contributed by atoms with E-state index in [0.717, 1.165) is 18.6 Å². The van der Waals surface area contributed by atoms with Crippen LogP contribution in [0.25, 0.3) is 0 Å². The highest BCUT2D eigenvalue weighted by Crippen LogP contribution is 2.13. The summed E-state index contributed by atoms with van der Waals surface area (Å²) in [5, 5.41) is 18.6. The summed E-state index contributed by atoms with van der Waals surface area (Å²) in [6, 6.07) is 4.70. The topological polar surface area (TPSA) is 80.4 Å². The van der Waals surface area contributed by atoms with Crippen LogP contribution >= 0.6 is 0 Å². The van der Waals surface area contributed by atoms with E-state index in [9.17, 15) is 14.9 Å². The van der Waals surface area contributed by atoms with Gasteiger partial charge in [0.15, 0.2) is 0 Å². The quantitative estimate of drug-likeness (QED) is 0.200. The maximum Gasteiger partial charge on any atom is 0.335 e. The van der Waals surface area contributed by atoms with Gasteiger partial charge in [-0.05, 0) is 84.8 Å². The Morgan fingerprint density at radius 1 is 0.906 bits per heavy atom. The number of carboxylic acids is 1. The van der Waals surface area contributed by atoms with E-state index in [0.29, 0.717) is 0 Å². The number of hydrogen-bond acceptors (Lipinski definition) is 3. The van der Waals surface area contributed by atoms with Crippen LogP contribution in [-0.4, -0.2) is 16.0 Å². The monoisotopic (exact) mass is 441 g/mol. The van der Waals surface area contributed by atoms with Crippen LogP contribution in [0.3, 0.4) is 0 Å². The first-order valence-corrected chi connectivity index (χ1v) is 11.3. The molecule has 0 atom stereocenters. The lowest BCUT2D eigenvalue weighted by Gasteiger charge is -2.02. The second kappa shape index (κ2) is 17.7. The van der Waals surface area contributed by atoms with Crippen molar-refractivity contribution in [1.82, 2.24) is 0 Å². The van der Waals surface area contributed by atoms with Crippen molar-refractivity contribution in [3.8, 4) is 0 Å². The Labute approximate surface area is 193 Å². The van der Waals surface area contributed by atoms with Gasteiger partial charge in [-0.1, -0.05) is 54.0 Å². The third-order valence-corrected chi connectivity index (χ3v) is 4.99. The highest BCUT2D eigenvalue weighted by molar-refractivity contribution is 5.87. The largest absolute Gasteiger partial charge is 0.478 e. The molecule has 0 bridgehead atoms. The van der Waals surface area contributed by atoms with Crippen LogP contribution in [-0.2, 0) is 0 Å². The van der Waals surface area contributed by atoms with Gasteiger partial charge in [-0.3, -0.25) is 10.1 Å². The molecular weight excluding hydrogens is 402 g/mol. The molecule has 0 radical (unpaired) electrons. The van der Waals surface area contributed by atoms with Crippen LogP contribution in [0.2, 0.25) is 0 Å². The van der Waals surface area contributed by atoms with Gasteiger partial charge >= 0.3 is 5.97 Å². The number of non-ortho nitro benzene ring substituents is 1. The van der Waals surface area contributed by atoms with E-state index in [1.54, 1.807) is 0 Å². The van der Waals surface area contributed by atoms with Gasteiger partial charge in [0, 0.05) is 12.1 Å². The van der Waals surface area contributed by atoms with Crippen molar-refractivity contribution in [3.05, 3.63) is 87.0 Å². The number of benzene rings is 1. The molecule has 0 saturated heterocycles. The molecule has 0 aliphatic rings. The Morgan fingerprint density at radius 3 is 1.84 bits per heavy atom. The average molecular weight is 442 g/mol. The minimum Gasteiger partial charge on any atom is -0.478 e. The van der Waals surface area contributed by atoms with Crippen LogP contribution < -0.4 is 0 Å². The molecule has 1 N–H and O–H groups in total. The van der Waals surface area contributed by atoms with Crippen LogP contribution in [0, 0.1) is 10.1 Å². The number of nitrogens with zero attached hydrogens (tertiary/aromatic N) is 1. The van der Waals surface area contributed by atoms with Crippen molar-refractivity contribution in [1.29, 1.82) is 0 Å². The van der Waals surface area contributed by atoms with Crippen molar-refractivity contribution in [2.45, 2.75) is 79.6 Å². The fourth-order valence-corrected chi connectivity index (χ4v) is 2.76. The third-order valence-electron chi connectivity index (χ3n) is 4.99. The van der Waals surface area contributed by atoms with E-state index in [1.165, 1.54) is 67.4 Å². The lowest BCUT2D eigenvalue weighted by atomic mass is 10.0. The molecule has 5 heteroatoms. The van der Waals surface area contributed by atoms with Crippen LogP contribution in [0.4, 0.5) is 5.69 Å². The fourth-order valence-electron chi connectivity index (χ4n) is 2.76. The molecule has 1 aromatic carbocycles. The number of nitro benzene ring substituents is 1. The first kappa shape index (κ1) is 29.1. The number of carboxylic acid groups (broad SMARTS) is 1. The van der Waals surface area contributed by atoms with E-state index in [1.807, 2.05) is 0 Å². The minimum absolute atomic E-state index is 0.0422. The summed E-state index contributed by atoms with van der Waals surface area (Å²) in [6.45, 7) is 11.0. The van der Waals surface area contributed by atoms with E-state index >= 15 is 0 Å². The zero-order chi connectivity index (χ0) is 24.4. The summed E-state index contributed by atoms with van der Waals surface area (Å²) in [7, 11) is 0. The van der Waals surface area contributed by atoms with Crippen molar-refractivity contribution in [3.63, 3.8) is 0 Å². The van der Waals surface area contributed by atoms with Crippen molar-refractivity contribution in [2.24, 2.45) is 0 Å². The Balaban J connectivity index is 0.000000677. The Morgan fingerprint density at radius 2 is 1.41 bits per heavy atom. The molecule has 1 rings (SSSR count). The lowest BCUT2D eigenvalue weighted by Crippen LogP contribution is -1.96. The van der Waals surface area contributed by atoms with Crippen molar-refractivity contribution < 1.29 is 14.8 Å². The highest BCUT2D eigenvalue weighted by Gasteiger charge is 2.06. The Kier molecular flexibility index (Phi) is 16.1. The SMILES string of the molecule is C/C=C(\C)CC/C=C(/C)CC/C=C(/C)CCC=CCC.O=C(O)c1ccc([N+](=O)[O-])cc1. The standard InChI is InChI=1S/C20H34.C7H5NO4/c1-6-8-9-10-13-19(4)16-12-17-20(5)15-11-14-18(3)7-2;9-7(10)5-1-3-6(4-2-5)8(11)12/h7-9,15-16H,6,10-14,17H2,1-5H3;1-4H,(H,9,10)/b9-8?,18-7+,19-16-,20-15-;. The lowest BCUT2D eigenvalue weighted by molar-refractivity contribution is -0.384. The van der Waals surface area contributed by atoms with Crippen molar-refractivity contribution in [2.75, 3.05) is 0 Å². The normalized spacial score (nSPS) is 12.5. The van der Waals surface area contributed by atoms with Crippen LogP contribution in [0.5, 0.6) is 0 Å². The van der Waals surface area contributed by atoms with Gasteiger partial charge in [0.1, 0.15) is 0 Å². The molecule has 32 heavy (non-hydrogen) atoms. The molecule has 0 spiro atoms. The van der Waals surface area contributed by atoms with Gasteiger partial charge in [-0.15, -0.1) is 0 Å². The molecule has 0 aromatic heterocycles. The first-order chi connectivity index (χ1) is 15.2. The summed E-state index contributed by atoms with van der Waals surface area (Å²) in [5.41, 5.74) is 4.48. The molecule has 1 aromatic rings. The van der Waals surface area contributed by atoms with Gasteiger partial charge in [-0.25, -0.2) is 4.79 Å². The van der Waals surface area contributed by atoms with Crippen molar-refractivity contribution >= 4 is 11.7 Å². The average Bonchev–Trinajstić information content (AvgIpc) is 2.77. The predicted octanol–water partition coefficient (Wildman–Crippen LogP) is 8.45. The van der Waals surface area contributed by atoms with Crippen LogP contribution in [0.1, 0.15) is 89.9 Å². The van der Waals surface area contributed by atoms with Crippen LogP contribution in [0.15, 0.2) is 71.4 Å². The van der Waals surface area contributed by atoms with E-state index < -0.39 is 10.9 Å². The van der Waals surface area contributed by atoms with Gasteiger partial charge in [0.2, 0.25) is 0 Å². The third kappa shape index (κ3) is 14.9. The molecule has 0 heterocycles. The molecule has 0 aliphatic heterocycles. The number of rotatable bonds is 12. The number of aromatic carboxylic acids is 1. The molecule has 0 unspecified atom stereocenters. The van der Waals surface area contributed by atoms with Gasteiger partial charge in [0.05, 0.1) is 10.5 Å². The van der Waals surface area contributed by atoms with E-state index in [4.69, 9.17) is 5.11 Å². The predicted molar refractivity (Wildman–Crippen MR) is 134 cm³/mol. The first-order valence-electron chi connectivity index (χ1n) is 11.3. The van der Waals surface area contributed by atoms with E-state index in [2.05, 4.69) is 65.0 Å². The molecule has 5 nitrogen and oxygen atoms in total. The molecule has 0 aliphatic carbocycles. The zero-order valence-electron chi connectivity index (χ0n) is 20.3. The summed E-state index contributed by atoms with van der Waals surface area (Å²) >= 11 is 0. The summed E-state index contributed by atoms with van der Waals surface area (Å²) < 4.78 is 0. The molecule has 0 saturated carbocycles. The number of nitro groups is 1. The van der Waals surface area contributed by atoms with E-state index in [-0.39, 0.29) is 11.3 Å². The summed E-state index contributed by atoms with van der Waals surface area (Å²) in [5.74, 6) is -1.09. The fraction of sp³-hybridized carbons (Fsp3) is 0.444. The second-order valence-electron chi connectivity index (χ2n) is 7.84. The minimum atomic E-state index is -1.09. The molecule has 176 valence electrons. The maximum absolute atomic E-state index is 10.3. The number of carbonyl (C=O) groups is 1. The number of allylic oxidation sites excluding steroid dienone is 8. The Hall–Kier alpha value is -2.95. The van der Waals surface area contributed by atoms with Gasteiger partial charge < -0.3 is 5.11 Å². The molecular formula is C27H39NO4. The zero-order valence-corrected chi connectivity index (χ0v) is 20.3. The van der Waals surface area contributed by atoms with Gasteiger partial charge in [0.25, 0.3) is 5.69 Å². The second-order valence-corrected chi connectivity index (χ2v) is 7.84. The molecule has 0 amide bonds. The van der Waals surface area contributed by atoms with Gasteiger partial charge in [-0.2, -0.15) is 0 Å². The smallest absolute Gasteiger partial charge is 0.335 e. The maximum atomic E-state index is 10.3. The summed E-state index contributed by atoms with van der Waals surface area (Å²) in [4.78, 5) is 19.9. The highest BCUT2D eigenvalue weighted by atomic mass is 16.6. The molecule has 0 fully saturated rings.